The van der Waals surface area contributed by atoms with Gasteiger partial charge in [-0.1, -0.05) is 6.07 Å². The van der Waals surface area contributed by atoms with Gasteiger partial charge < -0.3 is 15.5 Å². The van der Waals surface area contributed by atoms with E-state index < -0.39 is 23.6 Å². The topological polar surface area (TPSA) is 73.4 Å². The minimum absolute atomic E-state index is 0.164. The molecule has 2 aromatic rings. The number of carbonyl (C=O) groups is 1. The van der Waals surface area contributed by atoms with E-state index in [1.165, 1.54) is 6.07 Å². The fraction of sp³-hybridized carbons (Fsp3) is 0.542. The normalized spacial score (nSPS) is 17.4. The summed E-state index contributed by atoms with van der Waals surface area (Å²) in [6, 6.07) is 2.49. The fourth-order valence-corrected chi connectivity index (χ4v) is 4.58. The number of aromatic nitrogens is 2. The molecule has 0 spiro atoms. The van der Waals surface area contributed by atoms with Gasteiger partial charge in [0, 0.05) is 25.3 Å². The summed E-state index contributed by atoms with van der Waals surface area (Å²) in [7, 11) is 0. The number of nitrogens with zero attached hydrogens (tertiary/aromatic N) is 4. The van der Waals surface area contributed by atoms with E-state index in [9.17, 15) is 22.4 Å². The molecule has 7 nitrogen and oxygen atoms in total. The molecule has 2 N–H and O–H groups in total. The van der Waals surface area contributed by atoms with Crippen molar-refractivity contribution in [2.45, 2.75) is 57.9 Å². The molecule has 1 atom stereocenters. The van der Waals surface area contributed by atoms with Crippen LogP contribution in [0, 0.1) is 5.82 Å². The molecule has 0 saturated carbocycles. The van der Waals surface area contributed by atoms with Gasteiger partial charge in [-0.15, -0.1) is 0 Å². The number of likely N-dealkylation sites (tertiary alicyclic amines) is 1. The molecule has 1 aromatic heterocycles. The van der Waals surface area contributed by atoms with Gasteiger partial charge >= 0.3 is 12.2 Å². The standard InChI is InChI=1S/C24H30F4N6O/c1-15(2)31-22-29-12-17-7-10-34(14-20(17)32-22)23(35)30-13-21(33-8-3-4-9-33)16-5-6-18(19(25)11-16)24(26,27)28/h5-6,11-12,15,21H,3-4,7-10,13-14H2,1-2H3,(H,30,35)(H,29,31,32). The number of carbonyl (C=O) groups excluding carboxylic acids is 1. The molecule has 2 aliphatic rings. The summed E-state index contributed by atoms with van der Waals surface area (Å²) >= 11 is 0. The Bertz CT molecular complexity index is 1050. The van der Waals surface area contributed by atoms with Gasteiger partial charge in [0.05, 0.1) is 23.8 Å². The molecule has 0 radical (unpaired) electrons. The zero-order valence-electron chi connectivity index (χ0n) is 19.8. The Labute approximate surface area is 201 Å². The summed E-state index contributed by atoms with van der Waals surface area (Å²) in [6.45, 7) is 6.45. The summed E-state index contributed by atoms with van der Waals surface area (Å²) in [6.07, 6.45) is -0.445. The molecular formula is C24H30F4N6O. The summed E-state index contributed by atoms with van der Waals surface area (Å²) in [5.74, 6) is -0.789. The third-order valence-corrected chi connectivity index (χ3v) is 6.36. The van der Waals surface area contributed by atoms with Crippen molar-refractivity contribution in [2.75, 3.05) is 31.5 Å². The molecule has 4 rings (SSSR count). The lowest BCUT2D eigenvalue weighted by molar-refractivity contribution is -0.140. The summed E-state index contributed by atoms with van der Waals surface area (Å²) in [4.78, 5) is 25.6. The molecule has 0 aliphatic carbocycles. The lowest BCUT2D eigenvalue weighted by Gasteiger charge is -2.31. The van der Waals surface area contributed by atoms with Crippen molar-refractivity contribution in [1.82, 2.24) is 25.1 Å². The third-order valence-electron chi connectivity index (χ3n) is 6.36. The van der Waals surface area contributed by atoms with Gasteiger partial charge in [-0.2, -0.15) is 13.2 Å². The first-order valence-electron chi connectivity index (χ1n) is 11.9. The summed E-state index contributed by atoms with van der Waals surface area (Å²) in [5.41, 5.74) is 0.911. The molecule has 2 aliphatic heterocycles. The zero-order chi connectivity index (χ0) is 25.2. The van der Waals surface area contributed by atoms with E-state index >= 15 is 0 Å². The lowest BCUT2D eigenvalue weighted by Crippen LogP contribution is -2.46. The van der Waals surface area contributed by atoms with Crippen LogP contribution in [0.2, 0.25) is 0 Å². The highest BCUT2D eigenvalue weighted by Crippen LogP contribution is 2.34. The van der Waals surface area contributed by atoms with Crippen LogP contribution in [-0.4, -0.2) is 58.0 Å². The monoisotopic (exact) mass is 494 g/mol. The van der Waals surface area contributed by atoms with Gasteiger partial charge in [0.15, 0.2) is 0 Å². The Balaban J connectivity index is 1.45. The number of alkyl halides is 3. The van der Waals surface area contributed by atoms with E-state index in [2.05, 4.69) is 25.5 Å². The zero-order valence-corrected chi connectivity index (χ0v) is 19.8. The van der Waals surface area contributed by atoms with Gasteiger partial charge in [0.25, 0.3) is 0 Å². The molecule has 11 heteroatoms. The number of nitrogens with one attached hydrogen (secondary N) is 2. The van der Waals surface area contributed by atoms with Gasteiger partial charge in [-0.05, 0) is 69.5 Å². The molecule has 1 fully saturated rings. The maximum Gasteiger partial charge on any atom is 0.419 e. The number of hydrogen-bond donors (Lipinski definition) is 2. The van der Waals surface area contributed by atoms with Crippen LogP contribution in [0.5, 0.6) is 0 Å². The van der Waals surface area contributed by atoms with E-state index in [1.54, 1.807) is 11.1 Å². The molecule has 190 valence electrons. The van der Waals surface area contributed by atoms with Crippen LogP contribution >= 0.6 is 0 Å². The quantitative estimate of drug-likeness (QED) is 0.584. The second-order valence-corrected chi connectivity index (χ2v) is 9.32. The number of anilines is 1. The maximum absolute atomic E-state index is 14.3. The Kier molecular flexibility index (Phi) is 7.44. The van der Waals surface area contributed by atoms with Crippen molar-refractivity contribution >= 4 is 12.0 Å². The highest BCUT2D eigenvalue weighted by molar-refractivity contribution is 5.74. The van der Waals surface area contributed by atoms with Crippen molar-refractivity contribution < 1.29 is 22.4 Å². The van der Waals surface area contributed by atoms with Gasteiger partial charge in [0.1, 0.15) is 5.82 Å². The average molecular weight is 495 g/mol. The second-order valence-electron chi connectivity index (χ2n) is 9.32. The first-order chi connectivity index (χ1) is 16.6. The van der Waals surface area contributed by atoms with E-state index in [1.807, 2.05) is 13.8 Å². The van der Waals surface area contributed by atoms with Crippen LogP contribution in [0.4, 0.5) is 28.3 Å². The first kappa shape index (κ1) is 25.2. The van der Waals surface area contributed by atoms with Gasteiger partial charge in [-0.3, -0.25) is 4.90 Å². The molecule has 0 bridgehead atoms. The number of amides is 2. The smallest absolute Gasteiger partial charge is 0.352 e. The van der Waals surface area contributed by atoms with E-state index in [0.717, 1.165) is 49.3 Å². The Hall–Kier alpha value is -2.95. The van der Waals surface area contributed by atoms with E-state index in [4.69, 9.17) is 0 Å². The highest BCUT2D eigenvalue weighted by atomic mass is 19.4. The third kappa shape index (κ3) is 6.01. The molecule has 1 aromatic carbocycles. The van der Waals surface area contributed by atoms with Crippen molar-refractivity contribution in [1.29, 1.82) is 0 Å². The number of benzene rings is 1. The Morgan fingerprint density at radius 1 is 1.17 bits per heavy atom. The van der Waals surface area contributed by atoms with Crippen molar-refractivity contribution in [3.05, 3.63) is 52.6 Å². The van der Waals surface area contributed by atoms with Crippen LogP contribution in [0.15, 0.2) is 24.4 Å². The summed E-state index contributed by atoms with van der Waals surface area (Å²) in [5, 5.41) is 6.07. The van der Waals surface area contributed by atoms with Crippen molar-refractivity contribution in [2.24, 2.45) is 0 Å². The Morgan fingerprint density at radius 3 is 2.57 bits per heavy atom. The molecule has 35 heavy (non-hydrogen) atoms. The van der Waals surface area contributed by atoms with E-state index in [-0.39, 0.29) is 18.6 Å². The largest absolute Gasteiger partial charge is 0.419 e. The average Bonchev–Trinajstić information content (AvgIpc) is 3.32. The minimum atomic E-state index is -4.75. The fourth-order valence-electron chi connectivity index (χ4n) is 4.58. The number of hydrogen-bond acceptors (Lipinski definition) is 5. The van der Waals surface area contributed by atoms with Gasteiger partial charge in [-0.25, -0.2) is 19.2 Å². The maximum atomic E-state index is 14.3. The Morgan fingerprint density at radius 2 is 1.91 bits per heavy atom. The van der Waals surface area contributed by atoms with Crippen LogP contribution in [0.1, 0.15) is 55.1 Å². The first-order valence-corrected chi connectivity index (χ1v) is 11.9. The highest BCUT2D eigenvalue weighted by Gasteiger charge is 2.35. The SMILES string of the molecule is CC(C)Nc1ncc2c(n1)CN(C(=O)NCC(c1ccc(C(F)(F)F)c(F)c1)N1CCCC1)CC2. The van der Waals surface area contributed by atoms with Gasteiger partial charge in [0.2, 0.25) is 5.95 Å². The number of halogens is 4. The predicted octanol–water partition coefficient (Wildman–Crippen LogP) is 4.36. The lowest BCUT2D eigenvalue weighted by atomic mass is 10.0. The molecule has 1 saturated heterocycles. The molecule has 3 heterocycles. The predicted molar refractivity (Wildman–Crippen MR) is 123 cm³/mol. The molecule has 2 amide bonds. The van der Waals surface area contributed by atoms with E-state index in [0.29, 0.717) is 31.0 Å². The molecular weight excluding hydrogens is 464 g/mol. The number of urea groups is 1. The summed E-state index contributed by atoms with van der Waals surface area (Å²) < 4.78 is 53.3. The van der Waals surface area contributed by atoms with Crippen LogP contribution in [0.25, 0.3) is 0 Å². The number of rotatable bonds is 6. The van der Waals surface area contributed by atoms with Crippen molar-refractivity contribution in [3.63, 3.8) is 0 Å². The van der Waals surface area contributed by atoms with Crippen LogP contribution in [-0.2, 0) is 19.1 Å². The second kappa shape index (κ2) is 10.3. The minimum Gasteiger partial charge on any atom is -0.352 e. The van der Waals surface area contributed by atoms with Crippen LogP contribution < -0.4 is 10.6 Å². The number of fused-ring (bicyclic) bond motifs is 1. The van der Waals surface area contributed by atoms with Crippen LogP contribution in [0.3, 0.4) is 0 Å². The molecule has 1 unspecified atom stereocenters. The van der Waals surface area contributed by atoms with Crippen molar-refractivity contribution in [3.8, 4) is 0 Å².